The summed E-state index contributed by atoms with van der Waals surface area (Å²) < 4.78 is 40.5. The van der Waals surface area contributed by atoms with Crippen LogP contribution in [0.3, 0.4) is 0 Å². The van der Waals surface area contributed by atoms with E-state index in [9.17, 15) is 22.8 Å². The van der Waals surface area contributed by atoms with Gasteiger partial charge < -0.3 is 10.2 Å². The smallest absolute Gasteiger partial charge is 0.363 e. The lowest BCUT2D eigenvalue weighted by Crippen LogP contribution is -2.43. The number of pyridine rings is 1. The Bertz CT molecular complexity index is 1320. The van der Waals surface area contributed by atoms with Gasteiger partial charge >= 0.3 is 12.2 Å². The number of carbonyl (C=O) groups is 2. The summed E-state index contributed by atoms with van der Waals surface area (Å²) in [5, 5.41) is 3.14. The first-order valence-corrected chi connectivity index (χ1v) is 11.8. The lowest BCUT2D eigenvalue weighted by Gasteiger charge is -2.27. The molecular weight excluding hydrogens is 485 g/mol. The number of aromatic nitrogens is 3. The number of rotatable bonds is 7. The maximum absolute atomic E-state index is 13.5. The number of nitrogens with one attached hydrogen (secondary N) is 1. The number of imide groups is 1. The third-order valence-corrected chi connectivity index (χ3v) is 7.01. The third kappa shape index (κ3) is 4.38. The Morgan fingerprint density at radius 3 is 2.27 bits per heavy atom. The molecule has 1 aliphatic heterocycles. The van der Waals surface area contributed by atoms with Crippen molar-refractivity contribution >= 4 is 23.4 Å². The molecular formula is C26H25F3N6O2. The number of amides is 3. The van der Waals surface area contributed by atoms with Crippen molar-refractivity contribution in [2.45, 2.75) is 56.9 Å². The molecule has 2 fully saturated rings. The second kappa shape index (κ2) is 8.82. The highest BCUT2D eigenvalue weighted by Crippen LogP contribution is 2.59. The highest BCUT2D eigenvalue weighted by Gasteiger charge is 2.64. The van der Waals surface area contributed by atoms with E-state index in [0.29, 0.717) is 18.2 Å². The number of alkyl halides is 3. The number of nitrogens with zero attached hydrogens (tertiary/aromatic N) is 5. The van der Waals surface area contributed by atoms with Gasteiger partial charge in [0.2, 0.25) is 0 Å². The number of hydrogen-bond donors (Lipinski definition) is 1. The van der Waals surface area contributed by atoms with Crippen LogP contribution in [0.25, 0.3) is 0 Å². The Kier molecular flexibility index (Phi) is 5.88. The minimum absolute atomic E-state index is 0.0411. The summed E-state index contributed by atoms with van der Waals surface area (Å²) in [6.07, 6.45) is 0.637. The standard InChI is InChI=1S/C26H25F3N6O2/c1-24(2)22(36)35(19-6-4-18(5-7-19)25(9-10-25)26(27,28)29)23(37)34(24)16-17-8-13-32-20(14-17)33-15-21-30-11-3-12-31-21/h3-8,11-14H,9-10,15-16H2,1-2H3,(H,32,33). The van der Waals surface area contributed by atoms with Gasteiger partial charge in [0, 0.05) is 25.1 Å². The molecule has 11 heteroatoms. The van der Waals surface area contributed by atoms with Crippen molar-refractivity contribution in [3.8, 4) is 0 Å². The number of benzene rings is 1. The van der Waals surface area contributed by atoms with Gasteiger partial charge in [-0.1, -0.05) is 12.1 Å². The molecule has 37 heavy (non-hydrogen) atoms. The molecule has 1 saturated heterocycles. The molecule has 0 atom stereocenters. The SMILES string of the molecule is CC1(C)C(=O)N(c2ccc(C3(C(F)(F)F)CC3)cc2)C(=O)N1Cc1ccnc(NCc2ncccn2)c1. The van der Waals surface area contributed by atoms with Crippen molar-refractivity contribution in [2.24, 2.45) is 0 Å². The van der Waals surface area contributed by atoms with E-state index in [-0.39, 0.29) is 30.6 Å². The van der Waals surface area contributed by atoms with Gasteiger partial charge in [0.15, 0.2) is 0 Å². The molecule has 5 rings (SSSR count). The van der Waals surface area contributed by atoms with E-state index in [0.717, 1.165) is 10.5 Å². The van der Waals surface area contributed by atoms with Crippen LogP contribution in [0.5, 0.6) is 0 Å². The highest BCUT2D eigenvalue weighted by molar-refractivity contribution is 6.22. The normalized spacial score (nSPS) is 18.3. The first-order chi connectivity index (χ1) is 17.5. The Hall–Kier alpha value is -4.02. The van der Waals surface area contributed by atoms with Crippen LogP contribution < -0.4 is 10.2 Å². The average Bonchev–Trinajstić information content (AvgIpc) is 3.67. The number of hydrogen-bond acceptors (Lipinski definition) is 6. The molecule has 0 bridgehead atoms. The van der Waals surface area contributed by atoms with Gasteiger partial charge in [-0.2, -0.15) is 13.2 Å². The van der Waals surface area contributed by atoms with Crippen LogP contribution in [0.4, 0.5) is 29.5 Å². The summed E-state index contributed by atoms with van der Waals surface area (Å²) in [5.74, 6) is 0.711. The van der Waals surface area contributed by atoms with E-state index < -0.39 is 29.1 Å². The van der Waals surface area contributed by atoms with E-state index in [1.54, 1.807) is 50.6 Å². The second-order valence-electron chi connectivity index (χ2n) is 9.76. The molecule has 2 aliphatic rings. The second-order valence-corrected chi connectivity index (χ2v) is 9.76. The first kappa shape index (κ1) is 24.7. The van der Waals surface area contributed by atoms with Gasteiger partial charge in [-0.3, -0.25) is 4.79 Å². The summed E-state index contributed by atoms with van der Waals surface area (Å²) in [5.41, 5.74) is -1.84. The van der Waals surface area contributed by atoms with Gasteiger partial charge in [-0.15, -0.1) is 0 Å². The van der Waals surface area contributed by atoms with Crippen LogP contribution in [0, 0.1) is 0 Å². The Morgan fingerprint density at radius 1 is 0.973 bits per heavy atom. The van der Waals surface area contributed by atoms with E-state index in [1.165, 1.54) is 29.2 Å². The molecule has 1 aliphatic carbocycles. The fourth-order valence-corrected chi connectivity index (χ4v) is 4.56. The molecule has 1 N–H and O–H groups in total. The lowest BCUT2D eigenvalue weighted by molar-refractivity contribution is -0.160. The third-order valence-electron chi connectivity index (χ3n) is 7.01. The Labute approximate surface area is 211 Å². The van der Waals surface area contributed by atoms with Gasteiger partial charge in [0.25, 0.3) is 5.91 Å². The molecule has 3 aromatic rings. The van der Waals surface area contributed by atoms with Crippen LogP contribution in [-0.2, 0) is 23.3 Å². The minimum Gasteiger partial charge on any atom is -0.363 e. The zero-order valence-corrected chi connectivity index (χ0v) is 20.3. The van der Waals surface area contributed by atoms with E-state index >= 15 is 0 Å². The zero-order valence-electron chi connectivity index (χ0n) is 20.3. The molecule has 0 radical (unpaired) electrons. The van der Waals surface area contributed by atoms with Crippen LogP contribution >= 0.6 is 0 Å². The average molecular weight is 511 g/mol. The van der Waals surface area contributed by atoms with Crippen LogP contribution in [-0.4, -0.2) is 43.5 Å². The molecule has 2 aromatic heterocycles. The van der Waals surface area contributed by atoms with Crippen LogP contribution in [0.15, 0.2) is 61.1 Å². The molecule has 8 nitrogen and oxygen atoms in total. The zero-order chi connectivity index (χ0) is 26.4. The molecule has 0 spiro atoms. The van der Waals surface area contributed by atoms with Crippen molar-refractivity contribution < 1.29 is 22.8 Å². The Morgan fingerprint density at radius 2 is 1.65 bits per heavy atom. The minimum atomic E-state index is -4.33. The fraction of sp³-hybridized carbons (Fsp3) is 0.346. The molecule has 1 aromatic carbocycles. The predicted molar refractivity (Wildman–Crippen MR) is 130 cm³/mol. The summed E-state index contributed by atoms with van der Waals surface area (Å²) in [4.78, 5) is 41.7. The van der Waals surface area contributed by atoms with Crippen molar-refractivity contribution in [2.75, 3.05) is 10.2 Å². The number of carbonyl (C=O) groups excluding carboxylic acids is 2. The number of anilines is 2. The molecule has 3 amide bonds. The van der Waals surface area contributed by atoms with Gasteiger partial charge in [-0.25, -0.2) is 24.6 Å². The van der Waals surface area contributed by atoms with Gasteiger partial charge in [0.1, 0.15) is 17.2 Å². The highest BCUT2D eigenvalue weighted by atomic mass is 19.4. The van der Waals surface area contributed by atoms with E-state index in [1.807, 2.05) is 0 Å². The molecule has 192 valence electrons. The molecule has 1 saturated carbocycles. The largest absolute Gasteiger partial charge is 0.398 e. The number of halogens is 3. The van der Waals surface area contributed by atoms with Crippen molar-refractivity contribution in [3.63, 3.8) is 0 Å². The maximum atomic E-state index is 13.5. The van der Waals surface area contributed by atoms with E-state index in [4.69, 9.17) is 0 Å². The van der Waals surface area contributed by atoms with Gasteiger partial charge in [0.05, 0.1) is 17.6 Å². The summed E-state index contributed by atoms with van der Waals surface area (Å²) in [6.45, 7) is 3.81. The maximum Gasteiger partial charge on any atom is 0.398 e. The first-order valence-electron chi connectivity index (χ1n) is 11.8. The predicted octanol–water partition coefficient (Wildman–Crippen LogP) is 4.83. The van der Waals surface area contributed by atoms with Crippen LogP contribution in [0.1, 0.15) is 43.6 Å². The van der Waals surface area contributed by atoms with Gasteiger partial charge in [-0.05, 0) is 68.1 Å². The van der Waals surface area contributed by atoms with Crippen molar-refractivity contribution in [1.29, 1.82) is 0 Å². The van der Waals surface area contributed by atoms with Crippen molar-refractivity contribution in [1.82, 2.24) is 19.9 Å². The quantitative estimate of drug-likeness (QED) is 0.458. The Balaban J connectivity index is 1.33. The molecule has 3 heterocycles. The van der Waals surface area contributed by atoms with Crippen LogP contribution in [0.2, 0.25) is 0 Å². The number of urea groups is 1. The summed E-state index contributed by atoms with van der Waals surface area (Å²) >= 11 is 0. The monoisotopic (exact) mass is 510 g/mol. The fourth-order valence-electron chi connectivity index (χ4n) is 4.56. The molecule has 0 unspecified atom stereocenters. The van der Waals surface area contributed by atoms with Crippen molar-refractivity contribution in [3.05, 3.63) is 78.0 Å². The lowest BCUT2D eigenvalue weighted by atomic mass is 9.95. The van der Waals surface area contributed by atoms with E-state index in [2.05, 4.69) is 20.3 Å². The summed E-state index contributed by atoms with van der Waals surface area (Å²) in [7, 11) is 0. The summed E-state index contributed by atoms with van der Waals surface area (Å²) in [6, 6.07) is 10.3. The topological polar surface area (TPSA) is 91.3 Å².